The van der Waals surface area contributed by atoms with Crippen LogP contribution in [0.1, 0.15) is 0 Å². The van der Waals surface area contributed by atoms with E-state index in [0.717, 1.165) is 5.03 Å². The first-order valence-electron chi connectivity index (χ1n) is 4.02. The second kappa shape index (κ2) is 5.93. The standard InChI is InChI=1S/C8H13N3OS/c9-5-7(12)6-11-13-8-3-1-2-4-10-8/h1-4,7,11-12H,5-6,9H2/t7-/m1/s1. The highest BCUT2D eigenvalue weighted by Crippen LogP contribution is 2.08. The molecular weight excluding hydrogens is 186 g/mol. The Hall–Kier alpha value is -0.620. The number of aliphatic hydroxyl groups excluding tert-OH is 1. The van der Waals surface area contributed by atoms with Gasteiger partial charge in [-0.25, -0.2) is 4.98 Å². The summed E-state index contributed by atoms with van der Waals surface area (Å²) < 4.78 is 2.98. The molecule has 0 aliphatic carbocycles. The Balaban J connectivity index is 2.20. The molecule has 0 saturated carbocycles. The van der Waals surface area contributed by atoms with E-state index in [1.165, 1.54) is 11.9 Å². The van der Waals surface area contributed by atoms with Gasteiger partial charge in [0.2, 0.25) is 0 Å². The first-order chi connectivity index (χ1) is 6.33. The molecule has 0 unspecified atom stereocenters. The van der Waals surface area contributed by atoms with Gasteiger partial charge in [-0.3, -0.25) is 4.72 Å². The van der Waals surface area contributed by atoms with Crippen LogP contribution in [0.2, 0.25) is 0 Å². The average Bonchev–Trinajstić information content (AvgIpc) is 2.19. The summed E-state index contributed by atoms with van der Waals surface area (Å²) in [6.07, 6.45) is 1.24. The smallest absolute Gasteiger partial charge is 0.111 e. The molecule has 0 aliphatic heterocycles. The molecule has 0 fully saturated rings. The molecule has 1 rings (SSSR count). The van der Waals surface area contributed by atoms with Gasteiger partial charge in [-0.15, -0.1) is 0 Å². The third kappa shape index (κ3) is 4.23. The highest BCUT2D eigenvalue weighted by molar-refractivity contribution is 7.97. The van der Waals surface area contributed by atoms with Crippen LogP contribution in [0.25, 0.3) is 0 Å². The van der Waals surface area contributed by atoms with E-state index < -0.39 is 6.10 Å². The van der Waals surface area contributed by atoms with E-state index in [1.807, 2.05) is 18.2 Å². The number of nitrogens with two attached hydrogens (primary N) is 1. The molecule has 0 saturated heterocycles. The lowest BCUT2D eigenvalue weighted by atomic mass is 10.4. The van der Waals surface area contributed by atoms with Gasteiger partial charge >= 0.3 is 0 Å². The molecule has 4 N–H and O–H groups in total. The van der Waals surface area contributed by atoms with E-state index in [0.29, 0.717) is 6.54 Å². The van der Waals surface area contributed by atoms with E-state index in [9.17, 15) is 0 Å². The number of aliphatic hydroxyl groups is 1. The predicted molar refractivity (Wildman–Crippen MR) is 53.2 cm³/mol. The Morgan fingerprint density at radius 2 is 2.46 bits per heavy atom. The Labute approximate surface area is 81.7 Å². The molecule has 4 nitrogen and oxygen atoms in total. The Morgan fingerprint density at radius 1 is 1.62 bits per heavy atom. The molecule has 0 amide bonds. The van der Waals surface area contributed by atoms with Crippen LogP contribution in [0.5, 0.6) is 0 Å². The summed E-state index contributed by atoms with van der Waals surface area (Å²) in [6, 6.07) is 5.67. The van der Waals surface area contributed by atoms with Crippen molar-refractivity contribution >= 4 is 11.9 Å². The fraction of sp³-hybridized carbons (Fsp3) is 0.375. The Morgan fingerprint density at radius 3 is 3.08 bits per heavy atom. The van der Waals surface area contributed by atoms with Gasteiger partial charge in [0, 0.05) is 19.3 Å². The second-order valence-corrected chi connectivity index (χ2v) is 3.42. The SMILES string of the molecule is NC[C@@H](O)CNSc1ccccn1. The van der Waals surface area contributed by atoms with Crippen LogP contribution in [0.15, 0.2) is 29.4 Å². The molecule has 0 spiro atoms. The van der Waals surface area contributed by atoms with E-state index in [4.69, 9.17) is 10.8 Å². The van der Waals surface area contributed by atoms with Crippen molar-refractivity contribution in [2.24, 2.45) is 5.73 Å². The van der Waals surface area contributed by atoms with Crippen LogP contribution in [0.4, 0.5) is 0 Å². The zero-order valence-electron chi connectivity index (χ0n) is 7.18. The molecule has 0 bridgehead atoms. The van der Waals surface area contributed by atoms with E-state index in [2.05, 4.69) is 9.71 Å². The van der Waals surface area contributed by atoms with Gasteiger partial charge in [0.1, 0.15) is 5.03 Å². The summed E-state index contributed by atoms with van der Waals surface area (Å²) in [5.41, 5.74) is 5.24. The lowest BCUT2D eigenvalue weighted by Crippen LogP contribution is -2.29. The lowest BCUT2D eigenvalue weighted by Gasteiger charge is -2.07. The highest BCUT2D eigenvalue weighted by Gasteiger charge is 2.00. The Bertz CT molecular complexity index is 232. The van der Waals surface area contributed by atoms with E-state index in [-0.39, 0.29) is 6.54 Å². The summed E-state index contributed by atoms with van der Waals surface area (Å²) in [5, 5.41) is 10.00. The maximum absolute atomic E-state index is 9.11. The maximum atomic E-state index is 9.11. The molecule has 1 heterocycles. The molecule has 0 radical (unpaired) electrons. The Kier molecular flexibility index (Phi) is 4.77. The van der Waals surface area contributed by atoms with Crippen molar-refractivity contribution in [3.8, 4) is 0 Å². The monoisotopic (exact) mass is 199 g/mol. The van der Waals surface area contributed by atoms with Crippen LogP contribution in [0.3, 0.4) is 0 Å². The zero-order valence-corrected chi connectivity index (χ0v) is 8.00. The normalized spacial score (nSPS) is 12.8. The van der Waals surface area contributed by atoms with Crippen molar-refractivity contribution in [2.75, 3.05) is 13.1 Å². The number of pyridine rings is 1. The molecule has 72 valence electrons. The third-order valence-electron chi connectivity index (χ3n) is 1.41. The number of rotatable bonds is 5. The van der Waals surface area contributed by atoms with Crippen molar-refractivity contribution in [3.63, 3.8) is 0 Å². The predicted octanol–water partition coefficient (Wildman–Crippen LogP) is -0.00210. The van der Waals surface area contributed by atoms with Crippen LogP contribution in [-0.4, -0.2) is 29.3 Å². The molecular formula is C8H13N3OS. The highest BCUT2D eigenvalue weighted by atomic mass is 32.2. The van der Waals surface area contributed by atoms with Gasteiger partial charge in [0.05, 0.1) is 6.10 Å². The number of aromatic nitrogens is 1. The summed E-state index contributed by atoms with van der Waals surface area (Å²) >= 11 is 1.39. The largest absolute Gasteiger partial charge is 0.390 e. The van der Waals surface area contributed by atoms with Gasteiger partial charge in [-0.2, -0.15) is 0 Å². The minimum Gasteiger partial charge on any atom is -0.390 e. The fourth-order valence-corrected chi connectivity index (χ4v) is 1.39. The van der Waals surface area contributed by atoms with Gasteiger partial charge < -0.3 is 10.8 Å². The molecule has 13 heavy (non-hydrogen) atoms. The minimum absolute atomic E-state index is 0.274. The lowest BCUT2D eigenvalue weighted by molar-refractivity contribution is 0.188. The van der Waals surface area contributed by atoms with Crippen molar-refractivity contribution in [1.82, 2.24) is 9.71 Å². The third-order valence-corrected chi connectivity index (χ3v) is 2.17. The molecule has 1 aromatic heterocycles. The fourth-order valence-electron chi connectivity index (χ4n) is 0.703. The summed E-state index contributed by atoms with van der Waals surface area (Å²) in [7, 11) is 0. The van der Waals surface area contributed by atoms with E-state index >= 15 is 0 Å². The van der Waals surface area contributed by atoms with Crippen LogP contribution < -0.4 is 10.5 Å². The van der Waals surface area contributed by atoms with Gasteiger partial charge in [0.25, 0.3) is 0 Å². The quantitative estimate of drug-likeness (QED) is 0.582. The second-order valence-electron chi connectivity index (χ2n) is 2.51. The molecule has 0 aromatic carbocycles. The van der Waals surface area contributed by atoms with E-state index in [1.54, 1.807) is 6.20 Å². The summed E-state index contributed by atoms with van der Waals surface area (Å²) in [6.45, 7) is 0.744. The maximum Gasteiger partial charge on any atom is 0.111 e. The van der Waals surface area contributed by atoms with Crippen LogP contribution >= 0.6 is 11.9 Å². The van der Waals surface area contributed by atoms with Crippen LogP contribution in [-0.2, 0) is 0 Å². The molecule has 5 heteroatoms. The van der Waals surface area contributed by atoms with Crippen molar-refractivity contribution < 1.29 is 5.11 Å². The van der Waals surface area contributed by atoms with Crippen molar-refractivity contribution in [2.45, 2.75) is 11.1 Å². The first-order valence-corrected chi connectivity index (χ1v) is 4.83. The van der Waals surface area contributed by atoms with Gasteiger partial charge in [0.15, 0.2) is 0 Å². The van der Waals surface area contributed by atoms with Gasteiger partial charge in [-0.05, 0) is 24.1 Å². The van der Waals surface area contributed by atoms with Crippen molar-refractivity contribution in [1.29, 1.82) is 0 Å². The molecule has 0 aliphatic rings. The van der Waals surface area contributed by atoms with Crippen LogP contribution in [0, 0.1) is 0 Å². The summed E-state index contributed by atoms with van der Waals surface area (Å²) in [4.78, 5) is 4.09. The number of hydrogen-bond acceptors (Lipinski definition) is 5. The number of nitrogens with zero attached hydrogens (tertiary/aromatic N) is 1. The summed E-state index contributed by atoms with van der Waals surface area (Å²) in [5.74, 6) is 0. The number of nitrogens with one attached hydrogen (secondary N) is 1. The molecule has 1 aromatic rings. The van der Waals surface area contributed by atoms with Gasteiger partial charge in [-0.1, -0.05) is 6.07 Å². The average molecular weight is 199 g/mol. The van der Waals surface area contributed by atoms with Crippen molar-refractivity contribution in [3.05, 3.63) is 24.4 Å². The molecule has 1 atom stereocenters. The first kappa shape index (κ1) is 10.5. The number of hydrogen-bond donors (Lipinski definition) is 3. The minimum atomic E-state index is -0.490. The topological polar surface area (TPSA) is 71.2 Å². The zero-order chi connectivity index (χ0) is 9.52.